The van der Waals surface area contributed by atoms with E-state index in [1.165, 1.54) is 0 Å². The molecule has 0 spiro atoms. The van der Waals surface area contributed by atoms with Crippen LogP contribution >= 0.6 is 0 Å². The Bertz CT molecular complexity index is 538. The van der Waals surface area contributed by atoms with Crippen LogP contribution in [0.15, 0.2) is 18.2 Å². The Morgan fingerprint density at radius 2 is 2.05 bits per heavy atom. The first kappa shape index (κ1) is 14.4. The molecule has 1 aliphatic rings. The predicted octanol–water partition coefficient (Wildman–Crippen LogP) is 2.96. The van der Waals surface area contributed by atoms with Gasteiger partial charge in [-0.05, 0) is 44.7 Å². The van der Waals surface area contributed by atoms with Crippen LogP contribution in [0.5, 0.6) is 0 Å². The number of aromatic carboxylic acids is 1. The monoisotopic (exact) mass is 276 g/mol. The molecule has 2 N–H and O–H groups in total. The number of carboxylic acids is 1. The highest BCUT2D eigenvalue weighted by Crippen LogP contribution is 2.34. The number of benzene rings is 1. The van der Waals surface area contributed by atoms with E-state index >= 15 is 0 Å². The molecule has 1 aliphatic carbocycles. The maximum absolute atomic E-state index is 12.2. The third kappa shape index (κ3) is 3.10. The van der Waals surface area contributed by atoms with Gasteiger partial charge in [0.1, 0.15) is 0 Å². The lowest BCUT2D eigenvalue weighted by atomic mass is 10.1. The van der Waals surface area contributed by atoms with Crippen molar-refractivity contribution in [1.29, 1.82) is 0 Å². The lowest BCUT2D eigenvalue weighted by molar-refractivity contribution is 0.0698. The van der Waals surface area contributed by atoms with Crippen LogP contribution in [-0.2, 0) is 0 Å². The van der Waals surface area contributed by atoms with Crippen molar-refractivity contribution in [2.45, 2.75) is 32.7 Å². The highest BCUT2D eigenvalue weighted by atomic mass is 16.4. The number of aryl methyl sites for hydroxylation is 1. The molecule has 0 aliphatic heterocycles. The Morgan fingerprint density at radius 3 is 2.60 bits per heavy atom. The van der Waals surface area contributed by atoms with Crippen molar-refractivity contribution in [3.05, 3.63) is 29.3 Å². The number of rotatable bonds is 4. The molecule has 0 radical (unpaired) electrons. The maximum atomic E-state index is 12.2. The van der Waals surface area contributed by atoms with Crippen molar-refractivity contribution in [1.82, 2.24) is 4.90 Å². The van der Waals surface area contributed by atoms with Crippen LogP contribution in [0, 0.1) is 12.8 Å². The van der Waals surface area contributed by atoms with Crippen molar-refractivity contribution in [2.24, 2.45) is 5.92 Å². The topological polar surface area (TPSA) is 69.6 Å². The van der Waals surface area contributed by atoms with E-state index in [-0.39, 0.29) is 17.6 Å². The number of carbonyl (C=O) groups is 2. The summed E-state index contributed by atoms with van der Waals surface area (Å²) in [6.45, 7) is 3.84. The first-order chi connectivity index (χ1) is 9.40. The van der Waals surface area contributed by atoms with Gasteiger partial charge in [0.05, 0.1) is 11.3 Å². The number of carbonyl (C=O) groups excluding carboxylic acids is 1. The Morgan fingerprint density at radius 1 is 1.40 bits per heavy atom. The van der Waals surface area contributed by atoms with Crippen molar-refractivity contribution in [3.63, 3.8) is 0 Å². The van der Waals surface area contributed by atoms with E-state index < -0.39 is 5.97 Å². The molecular weight excluding hydrogens is 256 g/mol. The highest BCUT2D eigenvalue weighted by molar-refractivity contribution is 6.00. The quantitative estimate of drug-likeness (QED) is 0.888. The summed E-state index contributed by atoms with van der Waals surface area (Å²) in [5.41, 5.74) is 1.30. The fourth-order valence-corrected chi connectivity index (χ4v) is 2.23. The molecule has 0 bridgehead atoms. The Labute approximate surface area is 118 Å². The lowest BCUT2D eigenvalue weighted by Crippen LogP contribution is -2.39. The fourth-order valence-electron chi connectivity index (χ4n) is 2.23. The van der Waals surface area contributed by atoms with Gasteiger partial charge in [0.2, 0.25) is 0 Å². The molecule has 1 fully saturated rings. The van der Waals surface area contributed by atoms with Crippen LogP contribution in [0.25, 0.3) is 0 Å². The van der Waals surface area contributed by atoms with Crippen LogP contribution in [0.3, 0.4) is 0 Å². The summed E-state index contributed by atoms with van der Waals surface area (Å²) in [5.74, 6) is -0.468. The number of urea groups is 1. The average molecular weight is 276 g/mol. The van der Waals surface area contributed by atoms with Gasteiger partial charge < -0.3 is 15.3 Å². The average Bonchev–Trinajstić information content (AvgIpc) is 3.23. The zero-order valence-corrected chi connectivity index (χ0v) is 12.0. The standard InChI is InChI=1S/C15H20N2O3/c1-9-4-7-13(12(8-9)14(18)19)16-15(20)17(3)10(2)11-5-6-11/h4,7-8,10-11H,5-6H2,1-3H3,(H,16,20)(H,18,19). The zero-order valence-electron chi connectivity index (χ0n) is 12.0. The molecule has 5 nitrogen and oxygen atoms in total. The highest BCUT2D eigenvalue weighted by Gasteiger charge is 2.32. The first-order valence-electron chi connectivity index (χ1n) is 6.78. The summed E-state index contributed by atoms with van der Waals surface area (Å²) >= 11 is 0. The molecule has 1 unspecified atom stereocenters. The minimum atomic E-state index is -1.04. The molecule has 5 heteroatoms. The Kier molecular flexibility index (Phi) is 3.97. The van der Waals surface area contributed by atoms with Crippen LogP contribution < -0.4 is 5.32 Å². The number of hydrogen-bond donors (Lipinski definition) is 2. The van der Waals surface area contributed by atoms with Gasteiger partial charge in [-0.25, -0.2) is 9.59 Å². The summed E-state index contributed by atoms with van der Waals surface area (Å²) in [6.07, 6.45) is 2.31. The molecule has 1 aromatic carbocycles. The van der Waals surface area contributed by atoms with Crippen molar-refractivity contribution in [3.8, 4) is 0 Å². The maximum Gasteiger partial charge on any atom is 0.337 e. The molecule has 0 aromatic heterocycles. The largest absolute Gasteiger partial charge is 0.478 e. The summed E-state index contributed by atoms with van der Waals surface area (Å²) in [5, 5.41) is 11.9. The van der Waals surface area contributed by atoms with Crippen molar-refractivity contribution in [2.75, 3.05) is 12.4 Å². The van der Waals surface area contributed by atoms with E-state index in [9.17, 15) is 14.7 Å². The van der Waals surface area contributed by atoms with Crippen LogP contribution in [0.4, 0.5) is 10.5 Å². The van der Waals surface area contributed by atoms with Gasteiger partial charge in [-0.2, -0.15) is 0 Å². The number of nitrogens with one attached hydrogen (secondary N) is 1. The SMILES string of the molecule is Cc1ccc(NC(=O)N(C)C(C)C2CC2)c(C(=O)O)c1. The normalized spacial score (nSPS) is 15.6. The molecule has 1 atom stereocenters. The van der Waals surface area contributed by atoms with E-state index in [1.807, 2.05) is 13.8 Å². The number of nitrogens with zero attached hydrogens (tertiary/aromatic N) is 1. The summed E-state index contributed by atoms with van der Waals surface area (Å²) in [7, 11) is 1.74. The van der Waals surface area contributed by atoms with Crippen molar-refractivity contribution < 1.29 is 14.7 Å². The summed E-state index contributed by atoms with van der Waals surface area (Å²) in [4.78, 5) is 25.0. The second-order valence-electron chi connectivity index (χ2n) is 5.47. The van der Waals surface area contributed by atoms with Gasteiger partial charge in [0.15, 0.2) is 0 Å². The lowest BCUT2D eigenvalue weighted by Gasteiger charge is -2.25. The third-order valence-corrected chi connectivity index (χ3v) is 3.88. The first-order valence-corrected chi connectivity index (χ1v) is 6.78. The minimum Gasteiger partial charge on any atom is -0.478 e. The van der Waals surface area contributed by atoms with Gasteiger partial charge >= 0.3 is 12.0 Å². The summed E-state index contributed by atoms with van der Waals surface area (Å²) in [6, 6.07) is 4.88. The fraction of sp³-hybridized carbons (Fsp3) is 0.467. The second-order valence-corrected chi connectivity index (χ2v) is 5.47. The van der Waals surface area contributed by atoms with Gasteiger partial charge in [-0.15, -0.1) is 0 Å². The molecule has 1 aromatic rings. The molecule has 20 heavy (non-hydrogen) atoms. The molecule has 0 heterocycles. The number of anilines is 1. The van der Waals surface area contributed by atoms with E-state index in [2.05, 4.69) is 5.32 Å². The number of carboxylic acid groups (broad SMARTS) is 1. The van der Waals surface area contributed by atoms with Crippen molar-refractivity contribution >= 4 is 17.7 Å². The van der Waals surface area contributed by atoms with Gasteiger partial charge in [0, 0.05) is 13.1 Å². The molecular formula is C15H20N2O3. The number of amides is 2. The second kappa shape index (κ2) is 5.53. The van der Waals surface area contributed by atoms with Gasteiger partial charge in [0.25, 0.3) is 0 Å². The predicted molar refractivity (Wildman–Crippen MR) is 77.1 cm³/mol. The van der Waals surface area contributed by atoms with E-state index in [1.54, 1.807) is 30.1 Å². The van der Waals surface area contributed by atoms with Crippen LogP contribution in [-0.4, -0.2) is 35.1 Å². The van der Waals surface area contributed by atoms with Gasteiger partial charge in [-0.3, -0.25) is 0 Å². The van der Waals surface area contributed by atoms with E-state index in [4.69, 9.17) is 0 Å². The number of hydrogen-bond acceptors (Lipinski definition) is 2. The Balaban J connectivity index is 2.12. The summed E-state index contributed by atoms with van der Waals surface area (Å²) < 4.78 is 0. The third-order valence-electron chi connectivity index (χ3n) is 3.88. The van der Waals surface area contributed by atoms with E-state index in [0.29, 0.717) is 11.6 Å². The zero-order chi connectivity index (χ0) is 14.9. The molecule has 1 saturated carbocycles. The van der Waals surface area contributed by atoms with Crippen LogP contribution in [0.2, 0.25) is 0 Å². The molecule has 108 valence electrons. The van der Waals surface area contributed by atoms with Gasteiger partial charge in [-0.1, -0.05) is 11.6 Å². The minimum absolute atomic E-state index is 0.117. The smallest absolute Gasteiger partial charge is 0.337 e. The van der Waals surface area contributed by atoms with E-state index in [0.717, 1.165) is 18.4 Å². The molecule has 2 amide bonds. The van der Waals surface area contributed by atoms with Crippen LogP contribution in [0.1, 0.15) is 35.7 Å². The Hall–Kier alpha value is -2.04. The molecule has 2 rings (SSSR count). The molecule has 0 saturated heterocycles.